The number of pyridine rings is 1. The molecule has 0 fully saturated rings. The summed E-state index contributed by atoms with van der Waals surface area (Å²) in [6, 6.07) is 0. The van der Waals surface area contributed by atoms with E-state index >= 15 is 0 Å². The minimum absolute atomic E-state index is 0.213. The molecule has 0 spiro atoms. The molecule has 0 radical (unpaired) electrons. The molecule has 1 aromatic rings. The summed E-state index contributed by atoms with van der Waals surface area (Å²) in [4.78, 5) is 3.25. The van der Waals surface area contributed by atoms with Gasteiger partial charge in [-0.1, -0.05) is 15.9 Å². The van der Waals surface area contributed by atoms with E-state index in [2.05, 4.69) is 20.9 Å². The van der Waals surface area contributed by atoms with Crippen molar-refractivity contribution in [2.24, 2.45) is 0 Å². The molecular weight excluding hydrogens is 299 g/mol. The van der Waals surface area contributed by atoms with Crippen LogP contribution in [0.25, 0.3) is 0 Å². The Morgan fingerprint density at radius 3 is 2.31 bits per heavy atom. The van der Waals surface area contributed by atoms with Gasteiger partial charge >= 0.3 is 6.18 Å². The molecule has 0 saturated carbocycles. The van der Waals surface area contributed by atoms with E-state index < -0.39 is 23.7 Å². The first kappa shape index (κ1) is 13.1. The third-order valence-electron chi connectivity index (χ3n) is 1.91. The van der Waals surface area contributed by atoms with E-state index in [9.17, 15) is 22.0 Å². The van der Waals surface area contributed by atoms with Crippen molar-refractivity contribution in [3.05, 3.63) is 22.9 Å². The van der Waals surface area contributed by atoms with Crippen LogP contribution in [0.4, 0.5) is 27.8 Å². The molecule has 8 heteroatoms. The molecule has 90 valence electrons. The van der Waals surface area contributed by atoms with Gasteiger partial charge in [0.15, 0.2) is 0 Å². The lowest BCUT2D eigenvalue weighted by Crippen LogP contribution is -2.14. The number of aromatic nitrogens is 1. The van der Waals surface area contributed by atoms with Gasteiger partial charge in [0.25, 0.3) is 6.43 Å². The van der Waals surface area contributed by atoms with Crippen LogP contribution in [-0.4, -0.2) is 4.98 Å². The van der Waals surface area contributed by atoms with Crippen LogP contribution in [0.2, 0.25) is 0 Å². The third-order valence-corrected chi connectivity index (χ3v) is 2.48. The van der Waals surface area contributed by atoms with Crippen molar-refractivity contribution in [1.29, 1.82) is 0 Å². The summed E-state index contributed by atoms with van der Waals surface area (Å²) in [5, 5.41) is -0.213. The highest BCUT2D eigenvalue weighted by atomic mass is 79.9. The van der Waals surface area contributed by atoms with Gasteiger partial charge in [-0.15, -0.1) is 0 Å². The molecular formula is C8H6BrF5N2. The predicted octanol–water partition coefficient (Wildman–Crippen LogP) is 3.52. The quantitative estimate of drug-likeness (QED) is 0.671. The molecule has 1 heterocycles. The maximum atomic E-state index is 12.6. The number of alkyl halides is 6. The summed E-state index contributed by atoms with van der Waals surface area (Å²) >= 11 is 2.81. The molecule has 2 nitrogen and oxygen atoms in total. The van der Waals surface area contributed by atoms with E-state index in [0.717, 1.165) is 0 Å². The lowest BCUT2D eigenvalue weighted by Gasteiger charge is -2.16. The number of hydrogen-bond acceptors (Lipinski definition) is 2. The molecule has 0 aliphatic carbocycles. The van der Waals surface area contributed by atoms with Gasteiger partial charge in [0.2, 0.25) is 0 Å². The fourth-order valence-corrected chi connectivity index (χ4v) is 1.79. The highest BCUT2D eigenvalue weighted by Gasteiger charge is 2.38. The van der Waals surface area contributed by atoms with Crippen molar-refractivity contribution in [3.8, 4) is 0 Å². The molecule has 16 heavy (non-hydrogen) atoms. The van der Waals surface area contributed by atoms with Crippen molar-refractivity contribution in [1.82, 2.24) is 4.98 Å². The molecule has 0 unspecified atom stereocenters. The number of halogens is 6. The van der Waals surface area contributed by atoms with Gasteiger partial charge in [-0.3, -0.25) is 0 Å². The zero-order valence-electron chi connectivity index (χ0n) is 7.65. The highest BCUT2D eigenvalue weighted by molar-refractivity contribution is 9.08. The van der Waals surface area contributed by atoms with Crippen molar-refractivity contribution >= 4 is 21.7 Å². The standard InChI is InChI=1S/C8H6BrF5N2/c9-1-3-5(6(10)11)4(8(12,13)14)2-16-7(3)15/h2,6H,1H2,(H2,15,16). The molecule has 0 amide bonds. The molecule has 0 aromatic carbocycles. The molecule has 0 atom stereocenters. The van der Waals surface area contributed by atoms with Crippen LogP contribution >= 0.6 is 15.9 Å². The summed E-state index contributed by atoms with van der Waals surface area (Å²) in [5.41, 5.74) is 2.34. The topological polar surface area (TPSA) is 38.9 Å². The normalized spacial score (nSPS) is 12.2. The Bertz CT molecular complexity index is 391. The van der Waals surface area contributed by atoms with E-state index in [1.165, 1.54) is 0 Å². The van der Waals surface area contributed by atoms with Crippen molar-refractivity contribution in [3.63, 3.8) is 0 Å². The fourth-order valence-electron chi connectivity index (χ4n) is 1.20. The fraction of sp³-hybridized carbons (Fsp3) is 0.375. The number of nitrogens with zero attached hydrogens (tertiary/aromatic N) is 1. The lowest BCUT2D eigenvalue weighted by molar-refractivity contribution is -0.139. The second kappa shape index (κ2) is 4.52. The van der Waals surface area contributed by atoms with Crippen LogP contribution in [0.3, 0.4) is 0 Å². The van der Waals surface area contributed by atoms with Crippen molar-refractivity contribution < 1.29 is 22.0 Å². The highest BCUT2D eigenvalue weighted by Crippen LogP contribution is 2.39. The first-order valence-electron chi connectivity index (χ1n) is 3.97. The van der Waals surface area contributed by atoms with Gasteiger partial charge in [-0.25, -0.2) is 13.8 Å². The summed E-state index contributed by atoms with van der Waals surface area (Å²) in [6.45, 7) is 0. The summed E-state index contributed by atoms with van der Waals surface area (Å²) in [6.07, 6.45) is -7.80. The zero-order chi connectivity index (χ0) is 12.5. The van der Waals surface area contributed by atoms with Gasteiger partial charge < -0.3 is 5.73 Å². The van der Waals surface area contributed by atoms with Crippen LogP contribution in [0.1, 0.15) is 23.1 Å². The molecule has 0 saturated heterocycles. The largest absolute Gasteiger partial charge is 0.418 e. The molecule has 0 bridgehead atoms. The molecule has 0 aliphatic rings. The third kappa shape index (κ3) is 2.42. The average Bonchev–Trinajstić information content (AvgIpc) is 2.14. The van der Waals surface area contributed by atoms with E-state index in [-0.39, 0.29) is 16.7 Å². The number of anilines is 1. The smallest absolute Gasteiger partial charge is 0.383 e. The van der Waals surface area contributed by atoms with Crippen LogP contribution in [0, 0.1) is 0 Å². The zero-order valence-corrected chi connectivity index (χ0v) is 9.24. The van der Waals surface area contributed by atoms with Crippen LogP contribution in [0.5, 0.6) is 0 Å². The number of hydrogen-bond donors (Lipinski definition) is 1. The van der Waals surface area contributed by atoms with E-state index in [1.54, 1.807) is 0 Å². The molecule has 0 aliphatic heterocycles. The van der Waals surface area contributed by atoms with Gasteiger partial charge in [0.1, 0.15) is 5.82 Å². The van der Waals surface area contributed by atoms with E-state index in [4.69, 9.17) is 5.73 Å². The summed E-state index contributed by atoms with van der Waals surface area (Å²) < 4.78 is 62.4. The number of rotatable bonds is 2. The Morgan fingerprint density at radius 2 is 1.94 bits per heavy atom. The van der Waals surface area contributed by atoms with Gasteiger partial charge in [0.05, 0.1) is 5.56 Å². The van der Waals surface area contributed by atoms with Crippen LogP contribution in [-0.2, 0) is 11.5 Å². The summed E-state index contributed by atoms with van der Waals surface area (Å²) in [7, 11) is 0. The Balaban J connectivity index is 3.52. The van der Waals surface area contributed by atoms with Crippen LogP contribution < -0.4 is 5.73 Å². The second-order valence-electron chi connectivity index (χ2n) is 2.88. The summed E-state index contributed by atoms with van der Waals surface area (Å²) in [5.74, 6) is -0.333. The van der Waals surface area contributed by atoms with Gasteiger partial charge in [-0.2, -0.15) is 13.2 Å². The monoisotopic (exact) mass is 304 g/mol. The average molecular weight is 305 g/mol. The first-order chi connectivity index (χ1) is 7.29. The predicted molar refractivity (Wildman–Crippen MR) is 51.2 cm³/mol. The van der Waals surface area contributed by atoms with Crippen molar-refractivity contribution in [2.45, 2.75) is 17.9 Å². The second-order valence-corrected chi connectivity index (χ2v) is 3.44. The Hall–Kier alpha value is -0.920. The minimum atomic E-state index is -4.87. The van der Waals surface area contributed by atoms with E-state index in [0.29, 0.717) is 6.20 Å². The lowest BCUT2D eigenvalue weighted by atomic mass is 10.0. The van der Waals surface area contributed by atoms with Crippen molar-refractivity contribution in [2.75, 3.05) is 5.73 Å². The SMILES string of the molecule is Nc1ncc(C(F)(F)F)c(C(F)F)c1CBr. The Labute approximate surface area is 95.8 Å². The maximum Gasteiger partial charge on any atom is 0.418 e. The van der Waals surface area contributed by atoms with E-state index in [1.807, 2.05) is 0 Å². The Kier molecular flexibility index (Phi) is 3.72. The minimum Gasteiger partial charge on any atom is -0.383 e. The Morgan fingerprint density at radius 1 is 1.38 bits per heavy atom. The molecule has 1 rings (SSSR count). The first-order valence-corrected chi connectivity index (χ1v) is 5.09. The number of nitrogens with two attached hydrogens (primary N) is 1. The molecule has 2 N–H and O–H groups in total. The van der Waals surface area contributed by atoms with Gasteiger partial charge in [0, 0.05) is 22.7 Å². The van der Waals surface area contributed by atoms with Gasteiger partial charge in [-0.05, 0) is 0 Å². The molecule has 1 aromatic heterocycles. The number of nitrogen functional groups attached to an aromatic ring is 1. The van der Waals surface area contributed by atoms with Crippen LogP contribution in [0.15, 0.2) is 6.20 Å². The maximum absolute atomic E-state index is 12.6.